The van der Waals surface area contributed by atoms with Crippen molar-refractivity contribution in [2.75, 3.05) is 39.9 Å². The highest BCUT2D eigenvalue weighted by Gasteiger charge is 2.36. The van der Waals surface area contributed by atoms with Crippen LogP contribution in [0.5, 0.6) is 23.0 Å². The van der Waals surface area contributed by atoms with Gasteiger partial charge in [0.2, 0.25) is 11.8 Å². The largest absolute Gasteiger partial charge is 0.497 e. The molecule has 0 aliphatic carbocycles. The molecule has 1 aromatic heterocycles. The van der Waals surface area contributed by atoms with Gasteiger partial charge in [-0.25, -0.2) is 0 Å². The molecule has 2 N–H and O–H groups in total. The van der Waals surface area contributed by atoms with Gasteiger partial charge in [-0.2, -0.15) is 0 Å². The molecule has 0 spiro atoms. The first kappa shape index (κ1) is 30.3. The maximum Gasteiger partial charge on any atom is 0.261 e. The molecule has 0 aliphatic rings. The Hall–Kier alpha value is -4.25. The van der Waals surface area contributed by atoms with Gasteiger partial charge in [0.1, 0.15) is 17.5 Å². The summed E-state index contributed by atoms with van der Waals surface area (Å²) < 4.78 is 21.8. The third-order valence-corrected chi connectivity index (χ3v) is 6.66. The Labute approximate surface area is 238 Å². The second-order valence-corrected chi connectivity index (χ2v) is 10.7. The van der Waals surface area contributed by atoms with Crippen molar-refractivity contribution in [3.05, 3.63) is 64.4 Å². The lowest BCUT2D eigenvalue weighted by atomic mass is 10.00. The number of thiophene rings is 1. The maximum absolute atomic E-state index is 14.0. The lowest BCUT2D eigenvalue weighted by Crippen LogP contribution is -2.51. The molecule has 0 radical (unpaired) electrons. The fourth-order valence-electron chi connectivity index (χ4n) is 4.02. The number of anilines is 1. The van der Waals surface area contributed by atoms with E-state index in [0.717, 1.165) is 0 Å². The minimum Gasteiger partial charge on any atom is -0.497 e. The average Bonchev–Trinajstić information content (AvgIpc) is 3.48. The molecule has 214 valence electrons. The molecule has 0 bridgehead atoms. The van der Waals surface area contributed by atoms with E-state index < -0.39 is 29.3 Å². The van der Waals surface area contributed by atoms with Gasteiger partial charge in [-0.1, -0.05) is 12.1 Å². The first-order valence-corrected chi connectivity index (χ1v) is 13.3. The zero-order valence-corrected chi connectivity index (χ0v) is 24.5. The number of nitrogens with zero attached hydrogens (tertiary/aromatic N) is 1. The Kier molecular flexibility index (Phi) is 10.0. The predicted octanol–water partition coefficient (Wildman–Crippen LogP) is 4.20. The van der Waals surface area contributed by atoms with E-state index in [2.05, 4.69) is 10.6 Å². The number of amides is 3. The molecule has 1 heterocycles. The molecule has 3 aromatic rings. The van der Waals surface area contributed by atoms with Crippen LogP contribution < -0.4 is 34.5 Å². The van der Waals surface area contributed by atoms with E-state index in [9.17, 15) is 14.4 Å². The van der Waals surface area contributed by atoms with Gasteiger partial charge in [0, 0.05) is 11.6 Å². The van der Waals surface area contributed by atoms with Gasteiger partial charge in [0.25, 0.3) is 5.91 Å². The van der Waals surface area contributed by atoms with Gasteiger partial charge >= 0.3 is 0 Å². The summed E-state index contributed by atoms with van der Waals surface area (Å²) in [5.41, 5.74) is 0.149. The molecule has 0 aliphatic heterocycles. The molecular weight excluding hydrogens is 534 g/mol. The summed E-state index contributed by atoms with van der Waals surface area (Å²) in [5, 5.41) is 7.42. The number of benzene rings is 2. The Balaban J connectivity index is 2.18. The molecule has 0 fully saturated rings. The number of carbonyl (C=O) groups is 3. The van der Waals surface area contributed by atoms with Gasteiger partial charge in [-0.15, -0.1) is 11.3 Å². The Bertz CT molecular complexity index is 1340. The fourth-order valence-corrected chi connectivity index (χ4v) is 4.66. The topological polar surface area (TPSA) is 115 Å². The monoisotopic (exact) mass is 569 g/mol. The van der Waals surface area contributed by atoms with Crippen molar-refractivity contribution in [1.29, 1.82) is 0 Å². The van der Waals surface area contributed by atoms with Crippen LogP contribution in [0.4, 0.5) is 5.69 Å². The van der Waals surface area contributed by atoms with Crippen LogP contribution in [0.25, 0.3) is 0 Å². The first-order valence-electron chi connectivity index (χ1n) is 12.4. The van der Waals surface area contributed by atoms with E-state index in [1.54, 1.807) is 53.9 Å². The van der Waals surface area contributed by atoms with Crippen molar-refractivity contribution >= 4 is 34.7 Å². The van der Waals surface area contributed by atoms with E-state index in [0.29, 0.717) is 39.1 Å². The summed E-state index contributed by atoms with van der Waals surface area (Å²) in [4.78, 5) is 42.4. The van der Waals surface area contributed by atoms with Gasteiger partial charge < -0.3 is 29.6 Å². The number of nitrogens with one attached hydrogen (secondary N) is 2. The van der Waals surface area contributed by atoms with E-state index in [1.807, 2.05) is 20.8 Å². The highest BCUT2D eigenvalue weighted by atomic mass is 32.1. The minimum absolute atomic E-state index is 0.298. The maximum atomic E-state index is 14.0. The van der Waals surface area contributed by atoms with Crippen LogP contribution in [0, 0.1) is 0 Å². The Morgan fingerprint density at radius 2 is 1.57 bits per heavy atom. The van der Waals surface area contributed by atoms with Gasteiger partial charge in [-0.05, 0) is 62.0 Å². The number of hydrogen-bond donors (Lipinski definition) is 2. The zero-order chi connectivity index (χ0) is 29.4. The first-order chi connectivity index (χ1) is 19.0. The summed E-state index contributed by atoms with van der Waals surface area (Å²) in [6, 6.07) is 12.2. The number of carbonyl (C=O) groups excluding carboxylic acids is 3. The van der Waals surface area contributed by atoms with Crippen molar-refractivity contribution in [3.63, 3.8) is 0 Å². The van der Waals surface area contributed by atoms with E-state index in [-0.39, 0.29) is 6.54 Å². The number of ether oxygens (including phenoxy) is 4. The highest BCUT2D eigenvalue weighted by Crippen LogP contribution is 2.39. The van der Waals surface area contributed by atoms with Crippen molar-refractivity contribution in [2.24, 2.45) is 0 Å². The van der Waals surface area contributed by atoms with Crippen LogP contribution in [0.1, 0.15) is 42.0 Å². The van der Waals surface area contributed by atoms with Gasteiger partial charge in [0.15, 0.2) is 11.5 Å². The van der Waals surface area contributed by atoms with Crippen LogP contribution in [0.15, 0.2) is 53.9 Å². The van der Waals surface area contributed by atoms with Gasteiger partial charge in [-0.3, -0.25) is 19.3 Å². The number of methoxy groups -OCH3 is 4. The molecule has 2 aromatic carbocycles. The van der Waals surface area contributed by atoms with Crippen LogP contribution >= 0.6 is 11.3 Å². The normalized spacial score (nSPS) is 11.7. The van der Waals surface area contributed by atoms with Crippen LogP contribution in [0.2, 0.25) is 0 Å². The molecule has 0 saturated heterocycles. The molecule has 0 unspecified atom stereocenters. The minimum atomic E-state index is -1.17. The Morgan fingerprint density at radius 3 is 2.15 bits per heavy atom. The average molecular weight is 570 g/mol. The van der Waals surface area contributed by atoms with Crippen molar-refractivity contribution in [2.45, 2.75) is 32.4 Å². The lowest BCUT2D eigenvalue weighted by Gasteiger charge is -2.34. The second kappa shape index (κ2) is 13.2. The fraction of sp³-hybridized carbons (Fsp3) is 0.345. The molecule has 1 atom stereocenters. The smallest absolute Gasteiger partial charge is 0.261 e. The van der Waals surface area contributed by atoms with Crippen LogP contribution in [0.3, 0.4) is 0 Å². The number of rotatable bonds is 11. The predicted molar refractivity (Wildman–Crippen MR) is 154 cm³/mol. The van der Waals surface area contributed by atoms with E-state index >= 15 is 0 Å². The third kappa shape index (κ3) is 7.23. The summed E-state index contributed by atoms with van der Waals surface area (Å²) in [7, 11) is 5.97. The zero-order valence-electron chi connectivity index (χ0n) is 23.7. The molecule has 0 saturated carbocycles. The molecule has 3 amide bonds. The highest BCUT2D eigenvalue weighted by molar-refractivity contribution is 7.12. The molecule has 40 heavy (non-hydrogen) atoms. The standard InChI is InChI=1S/C29H35N3O7S/c1-29(2,3)31-28(35)26(18-10-13-21(37-5)23(15-18)39-7)32(20-12-11-19(36-4)16-22(20)38-6)25(33)17-30-27(34)24-9-8-14-40-24/h8-16,26H,17H2,1-7H3,(H,30,34)(H,31,35)/t26-/m0/s1. The van der Waals surface area contributed by atoms with Crippen LogP contribution in [-0.2, 0) is 9.59 Å². The third-order valence-electron chi connectivity index (χ3n) is 5.79. The van der Waals surface area contributed by atoms with Gasteiger partial charge in [0.05, 0.1) is 45.5 Å². The molecule has 11 heteroatoms. The van der Waals surface area contributed by atoms with Crippen molar-refractivity contribution in [1.82, 2.24) is 10.6 Å². The van der Waals surface area contributed by atoms with Crippen LogP contribution in [-0.4, -0.2) is 58.2 Å². The molecule has 10 nitrogen and oxygen atoms in total. The quantitative estimate of drug-likeness (QED) is 0.356. The Morgan fingerprint density at radius 1 is 0.875 bits per heavy atom. The SMILES string of the molecule is COc1ccc(N(C(=O)CNC(=O)c2cccs2)[C@H](C(=O)NC(C)(C)C)c2ccc(OC)c(OC)c2)c(OC)c1. The van der Waals surface area contributed by atoms with Crippen molar-refractivity contribution < 1.29 is 33.3 Å². The number of hydrogen-bond acceptors (Lipinski definition) is 8. The summed E-state index contributed by atoms with van der Waals surface area (Å²) in [6.45, 7) is 5.16. The summed E-state index contributed by atoms with van der Waals surface area (Å²) in [5.74, 6) is 0.254. The summed E-state index contributed by atoms with van der Waals surface area (Å²) >= 11 is 1.26. The second-order valence-electron chi connectivity index (χ2n) is 9.72. The molecular formula is C29H35N3O7S. The van der Waals surface area contributed by atoms with E-state index in [1.165, 1.54) is 44.7 Å². The van der Waals surface area contributed by atoms with Crippen molar-refractivity contribution in [3.8, 4) is 23.0 Å². The molecule has 3 rings (SSSR count). The van der Waals surface area contributed by atoms with E-state index in [4.69, 9.17) is 18.9 Å². The summed E-state index contributed by atoms with van der Waals surface area (Å²) in [6.07, 6.45) is 0. The lowest BCUT2D eigenvalue weighted by molar-refractivity contribution is -0.127.